The van der Waals surface area contributed by atoms with Crippen molar-refractivity contribution in [3.8, 4) is 11.4 Å². The minimum absolute atomic E-state index is 0.250. The molecule has 0 radical (unpaired) electrons. The number of aromatic nitrogens is 2. The monoisotopic (exact) mass is 242 g/mol. The summed E-state index contributed by atoms with van der Waals surface area (Å²) in [5.41, 5.74) is 0.659. The van der Waals surface area contributed by atoms with Gasteiger partial charge >= 0.3 is 0 Å². The van der Waals surface area contributed by atoms with Crippen LogP contribution in [-0.2, 0) is 0 Å². The van der Waals surface area contributed by atoms with E-state index in [0.29, 0.717) is 11.4 Å². The second-order valence-corrected chi connectivity index (χ2v) is 3.20. The number of hydrogen-bond donors (Lipinski definition) is 0. The predicted molar refractivity (Wildman–Crippen MR) is 47.4 cm³/mol. The molecular weight excluding hydrogens is 239 g/mol. The molecule has 0 aliphatic heterocycles. The van der Waals surface area contributed by atoms with Gasteiger partial charge in [0.05, 0.1) is 16.3 Å². The molecule has 5 heteroatoms. The molecule has 0 aliphatic carbocycles. The number of hydrogen-bond acceptors (Lipinski definition) is 3. The predicted octanol–water partition coefficient (Wildman–Crippen LogP) is 2.64. The van der Waals surface area contributed by atoms with Crippen LogP contribution >= 0.6 is 15.9 Å². The van der Waals surface area contributed by atoms with Crippen molar-refractivity contribution in [2.24, 2.45) is 0 Å². The van der Waals surface area contributed by atoms with Gasteiger partial charge in [0.15, 0.2) is 5.82 Å². The largest absolute Gasteiger partial charge is 0.472 e. The zero-order chi connectivity index (χ0) is 9.26. The van der Waals surface area contributed by atoms with Crippen LogP contribution in [0.15, 0.2) is 33.7 Å². The molecule has 0 fully saturated rings. The Morgan fingerprint density at radius 3 is 2.92 bits per heavy atom. The second-order valence-electron chi connectivity index (χ2n) is 2.34. The summed E-state index contributed by atoms with van der Waals surface area (Å²) in [7, 11) is 0. The van der Waals surface area contributed by atoms with Crippen LogP contribution in [0.3, 0.4) is 0 Å². The van der Waals surface area contributed by atoms with Crippen molar-refractivity contribution in [2.45, 2.75) is 0 Å². The van der Waals surface area contributed by atoms with E-state index in [2.05, 4.69) is 25.9 Å². The van der Waals surface area contributed by atoms with Crippen LogP contribution in [0, 0.1) is 5.95 Å². The van der Waals surface area contributed by atoms with Gasteiger partial charge in [0, 0.05) is 6.20 Å². The molecule has 0 bridgehead atoms. The van der Waals surface area contributed by atoms with Crippen LogP contribution in [0.1, 0.15) is 0 Å². The Morgan fingerprint density at radius 1 is 1.46 bits per heavy atom. The molecule has 2 aromatic rings. The van der Waals surface area contributed by atoms with E-state index in [-0.39, 0.29) is 4.47 Å². The Labute approximate surface area is 81.8 Å². The summed E-state index contributed by atoms with van der Waals surface area (Å²) in [4.78, 5) is 7.55. The summed E-state index contributed by atoms with van der Waals surface area (Å²) < 4.78 is 18.0. The maximum Gasteiger partial charge on any atom is 0.230 e. The van der Waals surface area contributed by atoms with Gasteiger partial charge in [-0.25, -0.2) is 4.98 Å². The van der Waals surface area contributed by atoms with Gasteiger partial charge in [0.2, 0.25) is 5.95 Å². The molecule has 0 saturated carbocycles. The summed E-state index contributed by atoms with van der Waals surface area (Å²) in [5, 5.41) is 0. The van der Waals surface area contributed by atoms with Gasteiger partial charge in [-0.3, -0.25) is 0 Å². The molecule has 2 heterocycles. The topological polar surface area (TPSA) is 38.9 Å². The van der Waals surface area contributed by atoms with Crippen molar-refractivity contribution in [2.75, 3.05) is 0 Å². The number of furan rings is 1. The van der Waals surface area contributed by atoms with E-state index in [1.54, 1.807) is 6.07 Å². The van der Waals surface area contributed by atoms with E-state index >= 15 is 0 Å². The fourth-order valence-electron chi connectivity index (χ4n) is 0.877. The molecule has 0 amide bonds. The first-order valence-corrected chi connectivity index (χ1v) is 4.27. The van der Waals surface area contributed by atoms with E-state index < -0.39 is 5.95 Å². The van der Waals surface area contributed by atoms with Crippen molar-refractivity contribution >= 4 is 15.9 Å². The lowest BCUT2D eigenvalue weighted by atomic mass is 10.3. The van der Waals surface area contributed by atoms with E-state index in [1.165, 1.54) is 18.7 Å². The maximum absolute atomic E-state index is 12.9. The second kappa shape index (κ2) is 3.26. The van der Waals surface area contributed by atoms with Gasteiger partial charge in [0.1, 0.15) is 6.26 Å². The quantitative estimate of drug-likeness (QED) is 0.722. The van der Waals surface area contributed by atoms with Crippen LogP contribution in [0.25, 0.3) is 11.4 Å². The first-order chi connectivity index (χ1) is 6.27. The SMILES string of the molecule is Fc1nc(-c2ccoc2)ncc1Br. The van der Waals surface area contributed by atoms with Gasteiger partial charge in [-0.1, -0.05) is 0 Å². The Hall–Kier alpha value is -1.23. The molecule has 3 nitrogen and oxygen atoms in total. The normalized spacial score (nSPS) is 10.3. The Bertz CT molecular complexity index is 416. The summed E-state index contributed by atoms with van der Waals surface area (Å²) in [6, 6.07) is 1.67. The molecule has 0 aliphatic rings. The molecule has 0 unspecified atom stereocenters. The molecule has 0 saturated heterocycles. The molecular formula is C8H4BrFN2O. The van der Waals surface area contributed by atoms with E-state index in [9.17, 15) is 4.39 Å². The fourth-order valence-corrected chi connectivity index (χ4v) is 1.07. The zero-order valence-electron chi connectivity index (χ0n) is 6.37. The lowest BCUT2D eigenvalue weighted by molar-refractivity contribution is 0.565. The summed E-state index contributed by atoms with van der Waals surface area (Å²) >= 11 is 2.97. The lowest BCUT2D eigenvalue weighted by Crippen LogP contribution is -1.91. The van der Waals surface area contributed by atoms with E-state index in [4.69, 9.17) is 4.42 Å². The van der Waals surface area contributed by atoms with Crippen LogP contribution < -0.4 is 0 Å². The minimum Gasteiger partial charge on any atom is -0.472 e. The molecule has 0 atom stereocenters. The minimum atomic E-state index is -0.578. The van der Waals surface area contributed by atoms with Crippen molar-refractivity contribution in [1.29, 1.82) is 0 Å². The van der Waals surface area contributed by atoms with Gasteiger partial charge in [0.25, 0.3) is 0 Å². The van der Waals surface area contributed by atoms with Gasteiger partial charge < -0.3 is 4.42 Å². The number of halogens is 2. The third-order valence-corrected chi connectivity index (χ3v) is 2.01. The van der Waals surface area contributed by atoms with Gasteiger partial charge in [-0.15, -0.1) is 0 Å². The molecule has 66 valence electrons. The lowest BCUT2D eigenvalue weighted by Gasteiger charge is -1.96. The van der Waals surface area contributed by atoms with Crippen LogP contribution in [0.2, 0.25) is 0 Å². The average molecular weight is 243 g/mol. The van der Waals surface area contributed by atoms with Crippen LogP contribution in [0.4, 0.5) is 4.39 Å². The highest BCUT2D eigenvalue weighted by molar-refractivity contribution is 9.10. The summed E-state index contributed by atoms with van der Waals surface area (Å²) in [6.45, 7) is 0. The summed E-state index contributed by atoms with van der Waals surface area (Å²) in [6.07, 6.45) is 4.31. The first-order valence-electron chi connectivity index (χ1n) is 3.48. The first kappa shape index (κ1) is 8.37. The highest BCUT2D eigenvalue weighted by Gasteiger charge is 2.06. The Morgan fingerprint density at radius 2 is 2.31 bits per heavy atom. The third-order valence-electron chi connectivity index (χ3n) is 1.48. The third kappa shape index (κ3) is 1.60. The smallest absolute Gasteiger partial charge is 0.230 e. The zero-order valence-corrected chi connectivity index (χ0v) is 7.95. The number of rotatable bonds is 1. The van der Waals surface area contributed by atoms with Crippen LogP contribution in [-0.4, -0.2) is 9.97 Å². The molecule has 2 aromatic heterocycles. The highest BCUT2D eigenvalue weighted by Crippen LogP contribution is 2.18. The van der Waals surface area contributed by atoms with Crippen molar-refractivity contribution in [3.05, 3.63) is 35.2 Å². The van der Waals surface area contributed by atoms with Gasteiger partial charge in [-0.2, -0.15) is 9.37 Å². The molecule has 0 aromatic carbocycles. The summed E-state index contributed by atoms with van der Waals surface area (Å²) in [5.74, 6) is -0.263. The van der Waals surface area contributed by atoms with E-state index in [1.807, 2.05) is 0 Å². The van der Waals surface area contributed by atoms with E-state index in [0.717, 1.165) is 0 Å². The Balaban J connectivity index is 2.49. The molecule has 0 spiro atoms. The fraction of sp³-hybridized carbons (Fsp3) is 0. The Kier molecular flexibility index (Phi) is 2.10. The average Bonchev–Trinajstić information content (AvgIpc) is 2.62. The van der Waals surface area contributed by atoms with Crippen LogP contribution in [0.5, 0.6) is 0 Å². The van der Waals surface area contributed by atoms with Gasteiger partial charge in [-0.05, 0) is 22.0 Å². The molecule has 13 heavy (non-hydrogen) atoms. The van der Waals surface area contributed by atoms with Crippen molar-refractivity contribution in [1.82, 2.24) is 9.97 Å². The highest BCUT2D eigenvalue weighted by atomic mass is 79.9. The standard InChI is InChI=1S/C8H4BrFN2O/c9-6-3-11-8(12-7(6)10)5-1-2-13-4-5/h1-4H. The van der Waals surface area contributed by atoms with Crippen molar-refractivity contribution in [3.63, 3.8) is 0 Å². The maximum atomic E-state index is 12.9. The molecule has 0 N–H and O–H groups in total. The molecule has 2 rings (SSSR count). The number of nitrogens with zero attached hydrogens (tertiary/aromatic N) is 2. The van der Waals surface area contributed by atoms with Crippen molar-refractivity contribution < 1.29 is 8.81 Å².